The second-order valence-corrected chi connectivity index (χ2v) is 8.19. The Morgan fingerprint density at radius 1 is 1.00 bits per heavy atom. The van der Waals surface area contributed by atoms with E-state index in [0.717, 1.165) is 7.11 Å². The van der Waals surface area contributed by atoms with Crippen LogP contribution in [0.15, 0.2) is 65.8 Å². The Morgan fingerprint density at radius 2 is 1.52 bits per heavy atom. The second-order valence-electron chi connectivity index (χ2n) is 6.59. The van der Waals surface area contributed by atoms with Crippen molar-refractivity contribution in [1.29, 1.82) is 0 Å². The first-order valence-corrected chi connectivity index (χ1v) is 11.2. The molecule has 0 spiro atoms. The molecule has 2 atom stereocenters. The van der Waals surface area contributed by atoms with Crippen LogP contribution in [0.1, 0.15) is 20.7 Å². The van der Waals surface area contributed by atoms with Gasteiger partial charge >= 0.3 is 17.9 Å². The van der Waals surface area contributed by atoms with Crippen LogP contribution in [0.4, 0.5) is 8.78 Å². The van der Waals surface area contributed by atoms with Gasteiger partial charge in [0.2, 0.25) is 6.10 Å². The van der Waals surface area contributed by atoms with E-state index in [1.165, 1.54) is 36.4 Å². The summed E-state index contributed by atoms with van der Waals surface area (Å²) in [5, 5.41) is 2.99. The Morgan fingerprint density at radius 3 is 2.00 bits per heavy atom. The lowest BCUT2D eigenvalue weighted by atomic mass is 10.1. The van der Waals surface area contributed by atoms with Gasteiger partial charge in [0.1, 0.15) is 19.9 Å². The number of benzene rings is 2. The van der Waals surface area contributed by atoms with Gasteiger partial charge in [0, 0.05) is 0 Å². The van der Waals surface area contributed by atoms with Crippen LogP contribution in [-0.2, 0) is 28.6 Å². The average molecular weight is 485 g/mol. The van der Waals surface area contributed by atoms with Gasteiger partial charge in [0.05, 0.1) is 17.4 Å². The van der Waals surface area contributed by atoms with Crippen molar-refractivity contribution in [3.63, 3.8) is 0 Å². The average Bonchev–Trinajstić information content (AvgIpc) is 2.79. The molecule has 0 amide bonds. The summed E-state index contributed by atoms with van der Waals surface area (Å²) in [5.41, 5.74) is 0.00232. The first kappa shape index (κ1) is 25.9. The summed E-state index contributed by atoms with van der Waals surface area (Å²) in [5.74, 6) is -6.20. The normalized spacial score (nSPS) is 13.8. The fourth-order valence-electron chi connectivity index (χ4n) is 2.56. The topological polar surface area (TPSA) is 118 Å². The molecule has 2 aromatic rings. The van der Waals surface area contributed by atoms with Crippen LogP contribution in [0.5, 0.6) is 0 Å². The molecule has 2 unspecified atom stereocenters. The summed E-state index contributed by atoms with van der Waals surface area (Å²) in [7, 11) is -3.35. The number of alkyl halides is 2. The van der Waals surface area contributed by atoms with Gasteiger partial charge in [-0.3, -0.25) is 4.18 Å². The molecule has 33 heavy (non-hydrogen) atoms. The molecule has 0 saturated carbocycles. The molecule has 12 heteroatoms. The molecule has 0 radical (unpaired) electrons. The van der Waals surface area contributed by atoms with Crippen molar-refractivity contribution in [2.45, 2.75) is 18.1 Å². The van der Waals surface area contributed by atoms with E-state index in [-0.39, 0.29) is 17.3 Å². The SMILES string of the molecule is CON=CC(F)(F)C(OC(=O)c1ccccc1)C(COC(=O)c1ccccc1)OS(C)(=O)=O. The molecule has 0 aromatic heterocycles. The third-order valence-corrected chi connectivity index (χ3v) is 4.57. The van der Waals surface area contributed by atoms with Crippen LogP contribution in [0, 0.1) is 0 Å². The van der Waals surface area contributed by atoms with Gasteiger partial charge in [-0.2, -0.15) is 17.2 Å². The number of halogens is 2. The number of ether oxygens (including phenoxy) is 2. The second kappa shape index (κ2) is 11.5. The lowest BCUT2D eigenvalue weighted by molar-refractivity contribution is -0.118. The number of oxime groups is 1. The third-order valence-electron chi connectivity index (χ3n) is 3.98. The van der Waals surface area contributed by atoms with E-state index >= 15 is 0 Å². The summed E-state index contributed by atoms with van der Waals surface area (Å²) < 4.78 is 67.9. The maximum absolute atomic E-state index is 14.9. The molecule has 0 heterocycles. The molecule has 178 valence electrons. The quantitative estimate of drug-likeness (QED) is 0.206. The van der Waals surface area contributed by atoms with Crippen molar-refractivity contribution < 1.29 is 45.3 Å². The van der Waals surface area contributed by atoms with Gasteiger partial charge in [-0.1, -0.05) is 41.6 Å². The Kier molecular flexibility index (Phi) is 9.00. The summed E-state index contributed by atoms with van der Waals surface area (Å²) in [6, 6.07) is 14.7. The summed E-state index contributed by atoms with van der Waals surface area (Å²) in [4.78, 5) is 29.0. The summed E-state index contributed by atoms with van der Waals surface area (Å²) in [6.07, 6.45) is -4.04. The minimum Gasteiger partial charge on any atom is -0.459 e. The van der Waals surface area contributed by atoms with Gasteiger partial charge in [0.25, 0.3) is 10.1 Å². The monoisotopic (exact) mass is 485 g/mol. The summed E-state index contributed by atoms with van der Waals surface area (Å²) >= 11 is 0. The molecule has 0 aliphatic rings. The Bertz CT molecular complexity index is 1060. The standard InChI is InChI=1S/C21H21F2NO8S/c1-29-24-14-21(22,23)18(31-20(26)16-11-7-4-8-12-16)17(32-33(2,27)28)13-30-19(25)15-9-5-3-6-10-15/h3-12,14,17-18H,13H2,1-2H3. The molecule has 2 aromatic carbocycles. The van der Waals surface area contributed by atoms with Gasteiger partial charge < -0.3 is 14.3 Å². The van der Waals surface area contributed by atoms with Crippen molar-refractivity contribution in [2.75, 3.05) is 20.0 Å². The maximum Gasteiger partial charge on any atom is 0.338 e. The minimum atomic E-state index is -4.35. The van der Waals surface area contributed by atoms with Crippen LogP contribution in [0.25, 0.3) is 0 Å². The van der Waals surface area contributed by atoms with E-state index in [9.17, 15) is 26.8 Å². The fraction of sp³-hybridized carbons (Fsp3) is 0.286. The zero-order chi connectivity index (χ0) is 24.5. The smallest absolute Gasteiger partial charge is 0.338 e. The highest BCUT2D eigenvalue weighted by Gasteiger charge is 2.49. The molecule has 0 fully saturated rings. The highest BCUT2D eigenvalue weighted by molar-refractivity contribution is 7.86. The van der Waals surface area contributed by atoms with Crippen molar-refractivity contribution in [3.05, 3.63) is 71.8 Å². The van der Waals surface area contributed by atoms with Crippen LogP contribution >= 0.6 is 0 Å². The number of hydrogen-bond donors (Lipinski definition) is 0. The predicted molar refractivity (Wildman–Crippen MR) is 113 cm³/mol. The van der Waals surface area contributed by atoms with Gasteiger partial charge in [-0.15, -0.1) is 0 Å². The molecular weight excluding hydrogens is 464 g/mol. The number of rotatable bonds is 11. The van der Waals surface area contributed by atoms with E-state index in [4.69, 9.17) is 13.7 Å². The minimum absolute atomic E-state index is 0.0214. The van der Waals surface area contributed by atoms with Gasteiger partial charge in [-0.05, 0) is 24.3 Å². The van der Waals surface area contributed by atoms with E-state index in [0.29, 0.717) is 6.26 Å². The molecule has 0 aliphatic carbocycles. The lowest BCUT2D eigenvalue weighted by Crippen LogP contribution is -2.50. The molecular formula is C21H21F2NO8S. The van der Waals surface area contributed by atoms with Gasteiger partial charge in [-0.25, -0.2) is 9.59 Å². The van der Waals surface area contributed by atoms with Crippen LogP contribution in [0.2, 0.25) is 0 Å². The van der Waals surface area contributed by atoms with Crippen molar-refractivity contribution >= 4 is 28.3 Å². The van der Waals surface area contributed by atoms with E-state index < -0.39 is 46.8 Å². The maximum atomic E-state index is 14.9. The first-order chi connectivity index (χ1) is 15.5. The predicted octanol–water partition coefficient (Wildman–Crippen LogP) is 2.68. The zero-order valence-electron chi connectivity index (χ0n) is 17.6. The molecule has 0 saturated heterocycles. The number of carbonyl (C=O) groups is 2. The number of hydrogen-bond acceptors (Lipinski definition) is 9. The van der Waals surface area contributed by atoms with Crippen molar-refractivity contribution in [2.24, 2.45) is 5.16 Å². The van der Waals surface area contributed by atoms with Gasteiger partial charge in [0.15, 0.2) is 6.10 Å². The molecule has 9 nitrogen and oxygen atoms in total. The Hall–Kier alpha value is -3.38. The van der Waals surface area contributed by atoms with E-state index in [1.54, 1.807) is 24.3 Å². The number of carbonyl (C=O) groups excluding carboxylic acids is 2. The highest BCUT2D eigenvalue weighted by Crippen LogP contribution is 2.27. The van der Waals surface area contributed by atoms with Crippen LogP contribution in [-0.4, -0.2) is 64.7 Å². The Balaban J connectivity index is 2.37. The molecule has 0 N–H and O–H groups in total. The third kappa shape index (κ3) is 8.24. The molecule has 0 bridgehead atoms. The van der Waals surface area contributed by atoms with Crippen molar-refractivity contribution in [3.8, 4) is 0 Å². The number of esters is 2. The van der Waals surface area contributed by atoms with Crippen LogP contribution in [0.3, 0.4) is 0 Å². The van der Waals surface area contributed by atoms with Crippen molar-refractivity contribution in [1.82, 2.24) is 0 Å². The van der Waals surface area contributed by atoms with E-state index in [1.807, 2.05) is 0 Å². The summed E-state index contributed by atoms with van der Waals surface area (Å²) in [6.45, 7) is -0.982. The molecule has 0 aliphatic heterocycles. The number of nitrogens with zero attached hydrogens (tertiary/aromatic N) is 1. The zero-order valence-corrected chi connectivity index (χ0v) is 18.4. The Labute approximate surface area is 189 Å². The highest BCUT2D eigenvalue weighted by atomic mass is 32.2. The van der Waals surface area contributed by atoms with E-state index in [2.05, 4.69) is 9.99 Å². The van der Waals surface area contributed by atoms with Crippen LogP contribution < -0.4 is 0 Å². The first-order valence-electron chi connectivity index (χ1n) is 9.35. The molecule has 2 rings (SSSR count). The largest absolute Gasteiger partial charge is 0.459 e. The lowest BCUT2D eigenvalue weighted by Gasteiger charge is -2.29. The fourth-order valence-corrected chi connectivity index (χ4v) is 3.17.